The lowest BCUT2D eigenvalue weighted by Gasteiger charge is -2.24. The quantitative estimate of drug-likeness (QED) is 0.0928. The fourth-order valence-electron chi connectivity index (χ4n) is 2.57. The SMILES string of the molecule is CCOC(=O)OC(C)OC(=O)[C@H](CNC(=O)/C=C/C(=O)OC)NC(=O)CN(CCOC(C)=O)CCOC(C)=O. The zero-order valence-corrected chi connectivity index (χ0v) is 22.5. The van der Waals surface area contributed by atoms with Crippen LogP contribution in [0.25, 0.3) is 0 Å². The number of carbonyl (C=O) groups is 7. The molecule has 0 aliphatic heterocycles. The normalized spacial score (nSPS) is 12.1. The number of carbonyl (C=O) groups excluding carboxylic acids is 7. The van der Waals surface area contributed by atoms with Crippen molar-refractivity contribution in [2.45, 2.75) is 40.0 Å². The van der Waals surface area contributed by atoms with E-state index in [1.54, 1.807) is 6.92 Å². The maximum Gasteiger partial charge on any atom is 0.511 e. The molecule has 0 heterocycles. The molecular weight excluding hydrogens is 526 g/mol. The second-order valence-electron chi connectivity index (χ2n) is 7.48. The lowest BCUT2D eigenvalue weighted by molar-refractivity contribution is -0.171. The molecule has 0 fully saturated rings. The van der Waals surface area contributed by atoms with Gasteiger partial charge in [-0.3, -0.25) is 24.1 Å². The standard InChI is InChI=1S/C23H35N3O13/c1-6-35-23(33)39-17(4)38-22(32)18(13-24-19(29)7-8-21(31)34-5)25-20(30)14-26(9-11-36-15(2)27)10-12-37-16(3)28/h7-8,17-18H,6,9-14H2,1-5H3,(H,24,29)(H,25,30)/b8-7+/t17?,18-/m0/s1. The molecule has 0 aromatic heterocycles. The molecule has 0 bridgehead atoms. The zero-order chi connectivity index (χ0) is 29.8. The number of rotatable bonds is 17. The largest absolute Gasteiger partial charge is 0.511 e. The van der Waals surface area contributed by atoms with Crippen LogP contribution in [0.3, 0.4) is 0 Å². The van der Waals surface area contributed by atoms with Crippen LogP contribution in [0.1, 0.15) is 27.7 Å². The first-order valence-corrected chi connectivity index (χ1v) is 11.7. The van der Waals surface area contributed by atoms with Crippen molar-refractivity contribution in [1.29, 1.82) is 0 Å². The number of nitrogens with one attached hydrogen (secondary N) is 2. The van der Waals surface area contributed by atoms with E-state index in [0.29, 0.717) is 0 Å². The summed E-state index contributed by atoms with van der Waals surface area (Å²) < 4.78 is 28.5. The molecule has 0 aliphatic carbocycles. The van der Waals surface area contributed by atoms with Gasteiger partial charge in [0.15, 0.2) is 0 Å². The molecule has 16 nitrogen and oxygen atoms in total. The Balaban J connectivity index is 5.38. The van der Waals surface area contributed by atoms with Crippen LogP contribution in [-0.4, -0.2) is 112 Å². The number of amides is 2. The van der Waals surface area contributed by atoms with Crippen molar-refractivity contribution < 1.29 is 62.0 Å². The van der Waals surface area contributed by atoms with Gasteiger partial charge in [0.25, 0.3) is 0 Å². The molecule has 0 saturated carbocycles. The summed E-state index contributed by atoms with van der Waals surface area (Å²) in [7, 11) is 1.12. The van der Waals surface area contributed by atoms with Gasteiger partial charge in [-0.2, -0.15) is 0 Å². The fourth-order valence-corrected chi connectivity index (χ4v) is 2.57. The Kier molecular flexibility index (Phi) is 17.7. The van der Waals surface area contributed by atoms with E-state index < -0.39 is 60.7 Å². The Labute approximate surface area is 225 Å². The third-order valence-corrected chi connectivity index (χ3v) is 4.27. The minimum Gasteiger partial charge on any atom is -0.466 e. The highest BCUT2D eigenvalue weighted by Gasteiger charge is 2.27. The average Bonchev–Trinajstić information content (AvgIpc) is 2.84. The van der Waals surface area contributed by atoms with Crippen molar-refractivity contribution >= 4 is 41.8 Å². The Morgan fingerprint density at radius 3 is 1.97 bits per heavy atom. The van der Waals surface area contributed by atoms with Crippen molar-refractivity contribution in [2.24, 2.45) is 0 Å². The summed E-state index contributed by atoms with van der Waals surface area (Å²) in [5.74, 6) is -4.41. The molecule has 0 spiro atoms. The van der Waals surface area contributed by atoms with Crippen LogP contribution in [-0.2, 0) is 57.2 Å². The number of esters is 4. The minimum atomic E-state index is -1.45. The van der Waals surface area contributed by atoms with E-state index in [-0.39, 0.29) is 39.5 Å². The second-order valence-corrected chi connectivity index (χ2v) is 7.48. The van der Waals surface area contributed by atoms with E-state index in [4.69, 9.17) is 18.9 Å². The zero-order valence-electron chi connectivity index (χ0n) is 22.5. The van der Waals surface area contributed by atoms with E-state index >= 15 is 0 Å². The summed E-state index contributed by atoms with van der Waals surface area (Å²) in [6.45, 7) is 4.53. The summed E-state index contributed by atoms with van der Waals surface area (Å²) in [6.07, 6.45) is -0.778. The van der Waals surface area contributed by atoms with Crippen LogP contribution < -0.4 is 10.6 Å². The third kappa shape index (κ3) is 18.7. The molecule has 39 heavy (non-hydrogen) atoms. The average molecular weight is 562 g/mol. The Bertz CT molecular complexity index is 870. The summed E-state index contributed by atoms with van der Waals surface area (Å²) >= 11 is 0. The van der Waals surface area contributed by atoms with Gasteiger partial charge in [0.2, 0.25) is 18.1 Å². The molecular formula is C23H35N3O13. The number of ether oxygens (including phenoxy) is 6. The van der Waals surface area contributed by atoms with Gasteiger partial charge in [0.1, 0.15) is 19.3 Å². The van der Waals surface area contributed by atoms with Gasteiger partial charge in [-0.1, -0.05) is 0 Å². The van der Waals surface area contributed by atoms with Crippen molar-refractivity contribution in [3.8, 4) is 0 Å². The molecule has 0 saturated heterocycles. The predicted molar refractivity (Wildman–Crippen MR) is 129 cm³/mol. The van der Waals surface area contributed by atoms with Gasteiger partial charge >= 0.3 is 30.0 Å². The summed E-state index contributed by atoms with van der Waals surface area (Å²) in [5, 5.41) is 4.71. The molecule has 0 aromatic carbocycles. The van der Waals surface area contributed by atoms with Gasteiger partial charge in [-0.15, -0.1) is 0 Å². The van der Waals surface area contributed by atoms with Crippen molar-refractivity contribution in [1.82, 2.24) is 15.5 Å². The van der Waals surface area contributed by atoms with Gasteiger partial charge in [0.05, 0.1) is 20.3 Å². The number of methoxy groups -OCH3 is 1. The highest BCUT2D eigenvalue weighted by molar-refractivity contribution is 5.95. The van der Waals surface area contributed by atoms with E-state index in [0.717, 1.165) is 19.3 Å². The maximum absolute atomic E-state index is 12.7. The second kappa shape index (κ2) is 19.8. The fraction of sp³-hybridized carbons (Fsp3) is 0.609. The molecule has 0 radical (unpaired) electrons. The summed E-state index contributed by atoms with van der Waals surface area (Å²) in [4.78, 5) is 83.6. The lowest BCUT2D eigenvalue weighted by atomic mass is 10.2. The first-order chi connectivity index (χ1) is 18.4. The van der Waals surface area contributed by atoms with Gasteiger partial charge in [-0.25, -0.2) is 14.4 Å². The Hall–Kier alpha value is -4.21. The van der Waals surface area contributed by atoms with Crippen LogP contribution in [0.4, 0.5) is 4.79 Å². The van der Waals surface area contributed by atoms with E-state index in [2.05, 4.69) is 20.1 Å². The van der Waals surface area contributed by atoms with Gasteiger partial charge in [0, 0.05) is 52.6 Å². The molecule has 0 aromatic rings. The Morgan fingerprint density at radius 1 is 0.872 bits per heavy atom. The van der Waals surface area contributed by atoms with Crippen molar-refractivity contribution in [3.63, 3.8) is 0 Å². The number of nitrogens with zero attached hydrogens (tertiary/aromatic N) is 1. The molecule has 2 N–H and O–H groups in total. The molecule has 2 amide bonds. The van der Waals surface area contributed by atoms with E-state index in [9.17, 15) is 33.6 Å². The van der Waals surface area contributed by atoms with E-state index in [1.807, 2.05) is 0 Å². The molecule has 1 unspecified atom stereocenters. The van der Waals surface area contributed by atoms with Gasteiger partial charge < -0.3 is 39.1 Å². The number of hydrogen-bond acceptors (Lipinski definition) is 14. The third-order valence-electron chi connectivity index (χ3n) is 4.27. The molecule has 0 aliphatic rings. The first kappa shape index (κ1) is 34.8. The molecule has 0 rings (SSSR count). The minimum absolute atomic E-state index is 0.0225. The maximum atomic E-state index is 12.7. The topological polar surface area (TPSA) is 202 Å². The highest BCUT2D eigenvalue weighted by Crippen LogP contribution is 2.01. The van der Waals surface area contributed by atoms with E-state index in [1.165, 1.54) is 25.7 Å². The first-order valence-electron chi connectivity index (χ1n) is 11.7. The van der Waals surface area contributed by atoms with Crippen LogP contribution in [0.2, 0.25) is 0 Å². The molecule has 2 atom stereocenters. The molecule has 16 heteroatoms. The van der Waals surface area contributed by atoms with Crippen molar-refractivity contribution in [2.75, 3.05) is 53.1 Å². The highest BCUT2D eigenvalue weighted by atomic mass is 16.8. The van der Waals surface area contributed by atoms with Crippen LogP contribution in [0.15, 0.2) is 12.2 Å². The lowest BCUT2D eigenvalue weighted by Crippen LogP contribution is -2.52. The van der Waals surface area contributed by atoms with Crippen LogP contribution in [0, 0.1) is 0 Å². The molecule has 220 valence electrons. The van der Waals surface area contributed by atoms with Crippen LogP contribution in [0.5, 0.6) is 0 Å². The number of hydrogen-bond donors (Lipinski definition) is 2. The monoisotopic (exact) mass is 561 g/mol. The summed E-state index contributed by atoms with van der Waals surface area (Å²) in [5.41, 5.74) is 0. The van der Waals surface area contributed by atoms with Gasteiger partial charge in [-0.05, 0) is 6.92 Å². The predicted octanol–water partition coefficient (Wildman–Crippen LogP) is -1.19. The van der Waals surface area contributed by atoms with Crippen molar-refractivity contribution in [3.05, 3.63) is 12.2 Å². The smallest absolute Gasteiger partial charge is 0.466 e. The Morgan fingerprint density at radius 2 is 1.46 bits per heavy atom. The summed E-state index contributed by atoms with van der Waals surface area (Å²) in [6, 6.07) is -1.45. The van der Waals surface area contributed by atoms with Crippen LogP contribution >= 0.6 is 0 Å².